The van der Waals surface area contributed by atoms with Gasteiger partial charge in [-0.3, -0.25) is 19.7 Å². The molecule has 0 bridgehead atoms. The van der Waals surface area contributed by atoms with Gasteiger partial charge in [-0.1, -0.05) is 24.3 Å². The van der Waals surface area contributed by atoms with Crippen molar-refractivity contribution < 1.29 is 27.3 Å². The largest absolute Gasteiger partial charge is 0.350 e. The summed E-state index contributed by atoms with van der Waals surface area (Å²) in [4.78, 5) is 34.8. The maximum atomic E-state index is 14.2. The Hall–Kier alpha value is -3.85. The van der Waals surface area contributed by atoms with Crippen molar-refractivity contribution in [3.05, 3.63) is 75.6 Å². The van der Waals surface area contributed by atoms with Gasteiger partial charge in [-0.2, -0.15) is 5.26 Å². The van der Waals surface area contributed by atoms with Gasteiger partial charge in [0.05, 0.1) is 22.3 Å². The average molecular weight is 448 g/mol. The Labute approximate surface area is 176 Å². The van der Waals surface area contributed by atoms with E-state index in [9.17, 15) is 32.5 Å². The van der Waals surface area contributed by atoms with Crippen LogP contribution in [0.1, 0.15) is 15.9 Å². The van der Waals surface area contributed by atoms with E-state index in [2.05, 4.69) is 10.6 Å². The maximum absolute atomic E-state index is 14.2. The second-order valence-corrected chi connectivity index (χ2v) is 8.43. The smallest absolute Gasteiger partial charge is 0.276 e. The molecule has 0 saturated heterocycles. The normalized spacial score (nSPS) is 11.7. The highest BCUT2D eigenvalue weighted by Crippen LogP contribution is 2.25. The predicted molar refractivity (Wildman–Crippen MR) is 107 cm³/mol. The van der Waals surface area contributed by atoms with Gasteiger partial charge in [-0.05, 0) is 18.2 Å². The van der Waals surface area contributed by atoms with Crippen LogP contribution < -0.4 is 10.6 Å². The first-order valence-electron chi connectivity index (χ1n) is 8.78. The van der Waals surface area contributed by atoms with Crippen LogP contribution in [0.5, 0.6) is 0 Å². The summed E-state index contributed by atoms with van der Waals surface area (Å²) in [5, 5.41) is 22.3. The predicted octanol–water partition coefficient (Wildman–Crippen LogP) is 1.09. The van der Waals surface area contributed by atoms with E-state index in [0.29, 0.717) is 0 Å². The van der Waals surface area contributed by atoms with Crippen LogP contribution in [0.25, 0.3) is 0 Å². The first-order valence-corrected chi connectivity index (χ1v) is 10.5. The zero-order valence-electron chi connectivity index (χ0n) is 15.9. The second-order valence-electron chi connectivity index (χ2n) is 6.24. The van der Waals surface area contributed by atoms with E-state index in [1.165, 1.54) is 12.1 Å². The van der Waals surface area contributed by atoms with Crippen molar-refractivity contribution in [1.82, 2.24) is 10.6 Å². The SMILES string of the molecule is N#CCNC(=O)C(CNC(=O)c1ccccc1)S(=O)(=O)Cc1c(F)cccc1[N+](=O)[O-]. The molecule has 1 unspecified atom stereocenters. The standard InChI is InChI=1S/C19H17FN4O6S/c20-15-7-4-8-16(24(27)28)14(15)12-31(29,30)17(19(26)22-10-9-21)11-23-18(25)13-5-2-1-3-6-13/h1-8,17H,10-12H2,(H,22,26)(H,23,25). The summed E-state index contributed by atoms with van der Waals surface area (Å²) < 4.78 is 40.0. The van der Waals surface area contributed by atoms with Crippen LogP contribution in [-0.2, 0) is 20.4 Å². The molecule has 162 valence electrons. The van der Waals surface area contributed by atoms with E-state index in [-0.39, 0.29) is 5.56 Å². The number of carbonyl (C=O) groups excluding carboxylic acids is 2. The van der Waals surface area contributed by atoms with Crippen LogP contribution in [0.4, 0.5) is 10.1 Å². The number of rotatable bonds is 9. The molecule has 0 heterocycles. The van der Waals surface area contributed by atoms with Gasteiger partial charge in [-0.25, -0.2) is 12.8 Å². The minimum Gasteiger partial charge on any atom is -0.350 e. The monoisotopic (exact) mass is 448 g/mol. The van der Waals surface area contributed by atoms with E-state index < -0.39 is 67.7 Å². The number of hydrogen-bond acceptors (Lipinski definition) is 7. The summed E-state index contributed by atoms with van der Waals surface area (Å²) >= 11 is 0. The van der Waals surface area contributed by atoms with Crippen molar-refractivity contribution in [2.24, 2.45) is 0 Å². The molecule has 2 amide bonds. The first kappa shape index (κ1) is 23.4. The van der Waals surface area contributed by atoms with E-state index >= 15 is 0 Å². The van der Waals surface area contributed by atoms with Crippen LogP contribution in [0.15, 0.2) is 48.5 Å². The molecular weight excluding hydrogens is 431 g/mol. The fourth-order valence-electron chi connectivity index (χ4n) is 2.66. The number of nitro groups is 1. The zero-order valence-corrected chi connectivity index (χ0v) is 16.8. The van der Waals surface area contributed by atoms with E-state index in [1.54, 1.807) is 24.3 Å². The van der Waals surface area contributed by atoms with Crippen molar-refractivity contribution in [1.29, 1.82) is 5.26 Å². The molecule has 2 N–H and O–H groups in total. The van der Waals surface area contributed by atoms with Crippen LogP contribution in [0, 0.1) is 27.3 Å². The van der Waals surface area contributed by atoms with Crippen LogP contribution >= 0.6 is 0 Å². The minimum atomic E-state index is -4.54. The highest BCUT2D eigenvalue weighted by molar-refractivity contribution is 7.92. The summed E-state index contributed by atoms with van der Waals surface area (Å²) in [6, 6.07) is 12.2. The molecule has 2 rings (SSSR count). The molecule has 0 aliphatic heterocycles. The highest BCUT2D eigenvalue weighted by Gasteiger charge is 2.35. The van der Waals surface area contributed by atoms with E-state index in [4.69, 9.17) is 5.26 Å². The summed E-state index contributed by atoms with van der Waals surface area (Å²) in [6.07, 6.45) is 0. The quantitative estimate of drug-likeness (QED) is 0.330. The Balaban J connectivity index is 2.32. The van der Waals surface area contributed by atoms with Crippen LogP contribution in [0.2, 0.25) is 0 Å². The average Bonchev–Trinajstić information content (AvgIpc) is 2.73. The molecule has 12 heteroatoms. The van der Waals surface area contributed by atoms with Crippen LogP contribution in [-0.4, -0.2) is 43.5 Å². The Morgan fingerprint density at radius 1 is 1.13 bits per heavy atom. The number of nitrogens with one attached hydrogen (secondary N) is 2. The Morgan fingerprint density at radius 3 is 2.42 bits per heavy atom. The molecule has 0 aliphatic rings. The fourth-order valence-corrected chi connectivity index (χ4v) is 4.30. The summed E-state index contributed by atoms with van der Waals surface area (Å²) in [5.41, 5.74) is -1.26. The number of benzene rings is 2. The maximum Gasteiger partial charge on any atom is 0.276 e. The van der Waals surface area contributed by atoms with Gasteiger partial charge >= 0.3 is 0 Å². The number of sulfone groups is 1. The molecule has 0 fully saturated rings. The summed E-state index contributed by atoms with van der Waals surface area (Å²) in [5.74, 6) is -4.04. The second kappa shape index (κ2) is 10.3. The lowest BCUT2D eigenvalue weighted by Gasteiger charge is -2.18. The molecule has 2 aromatic carbocycles. The van der Waals surface area contributed by atoms with Crippen LogP contribution in [0.3, 0.4) is 0 Å². The molecule has 0 aliphatic carbocycles. The van der Waals surface area contributed by atoms with Gasteiger partial charge in [0.2, 0.25) is 5.91 Å². The lowest BCUT2D eigenvalue weighted by molar-refractivity contribution is -0.385. The molecule has 10 nitrogen and oxygen atoms in total. The minimum absolute atomic E-state index is 0.209. The molecule has 1 atom stereocenters. The third-order valence-electron chi connectivity index (χ3n) is 4.19. The molecule has 0 spiro atoms. The molecule has 0 radical (unpaired) electrons. The molecule has 0 aromatic heterocycles. The third-order valence-corrected chi connectivity index (χ3v) is 6.13. The number of hydrogen-bond donors (Lipinski definition) is 2. The van der Waals surface area contributed by atoms with Gasteiger partial charge in [-0.15, -0.1) is 0 Å². The van der Waals surface area contributed by atoms with Crippen molar-refractivity contribution in [3.63, 3.8) is 0 Å². The number of carbonyl (C=O) groups is 2. The van der Waals surface area contributed by atoms with Gasteiger partial charge < -0.3 is 10.6 Å². The van der Waals surface area contributed by atoms with Crippen molar-refractivity contribution >= 4 is 27.3 Å². The fraction of sp³-hybridized carbons (Fsp3) is 0.211. The van der Waals surface area contributed by atoms with Crippen molar-refractivity contribution in [3.8, 4) is 6.07 Å². The number of nitrogens with zero attached hydrogens (tertiary/aromatic N) is 2. The molecular formula is C19H17FN4O6S. The Morgan fingerprint density at radius 2 is 1.81 bits per heavy atom. The number of halogens is 1. The molecule has 0 saturated carbocycles. The third kappa shape index (κ3) is 6.06. The van der Waals surface area contributed by atoms with Gasteiger partial charge in [0.25, 0.3) is 11.6 Å². The lowest BCUT2D eigenvalue weighted by Crippen LogP contribution is -2.47. The Bertz CT molecular complexity index is 1130. The molecule has 31 heavy (non-hydrogen) atoms. The highest BCUT2D eigenvalue weighted by atomic mass is 32.2. The van der Waals surface area contributed by atoms with Gasteiger partial charge in [0.1, 0.15) is 12.4 Å². The summed E-state index contributed by atoms with van der Waals surface area (Å²) in [6.45, 7) is -1.19. The number of amides is 2. The van der Waals surface area contributed by atoms with Crippen molar-refractivity contribution in [2.45, 2.75) is 11.0 Å². The number of nitro benzene ring substituents is 1. The first-order chi connectivity index (χ1) is 14.7. The summed E-state index contributed by atoms with van der Waals surface area (Å²) in [7, 11) is -4.54. The van der Waals surface area contributed by atoms with Gasteiger partial charge in [0, 0.05) is 18.2 Å². The van der Waals surface area contributed by atoms with Crippen molar-refractivity contribution in [2.75, 3.05) is 13.1 Å². The van der Waals surface area contributed by atoms with E-state index in [1.807, 2.05) is 0 Å². The van der Waals surface area contributed by atoms with Gasteiger partial charge in [0.15, 0.2) is 15.1 Å². The number of nitriles is 1. The zero-order chi connectivity index (χ0) is 23.0. The molecule has 2 aromatic rings. The lowest BCUT2D eigenvalue weighted by atomic mass is 10.2. The topological polar surface area (TPSA) is 159 Å². The Kier molecular flexibility index (Phi) is 7.75. The van der Waals surface area contributed by atoms with E-state index in [0.717, 1.165) is 18.2 Å².